The highest BCUT2D eigenvalue weighted by molar-refractivity contribution is 5.79. The van der Waals surface area contributed by atoms with E-state index in [4.69, 9.17) is 5.73 Å². The molecule has 0 saturated carbocycles. The lowest BCUT2D eigenvalue weighted by Gasteiger charge is -2.30. The molecule has 2 atom stereocenters. The molecular formula is C16H32N2O. The van der Waals surface area contributed by atoms with Gasteiger partial charge in [0.25, 0.3) is 0 Å². The van der Waals surface area contributed by atoms with Crippen LogP contribution in [0.1, 0.15) is 59.8 Å². The first-order valence-electron chi connectivity index (χ1n) is 7.89. The predicted octanol–water partition coefficient (Wildman–Crippen LogP) is 3.04. The minimum absolute atomic E-state index is 0.0381. The van der Waals surface area contributed by atoms with Crippen molar-refractivity contribution < 1.29 is 4.79 Å². The zero-order valence-electron chi connectivity index (χ0n) is 13.2. The fourth-order valence-corrected chi connectivity index (χ4v) is 3.13. The topological polar surface area (TPSA) is 46.3 Å². The van der Waals surface area contributed by atoms with Gasteiger partial charge in [0.05, 0.1) is 5.92 Å². The molecule has 112 valence electrons. The van der Waals surface area contributed by atoms with E-state index in [2.05, 4.69) is 32.6 Å². The van der Waals surface area contributed by atoms with Crippen LogP contribution >= 0.6 is 0 Å². The molecule has 0 aliphatic carbocycles. The van der Waals surface area contributed by atoms with Crippen LogP contribution in [0.15, 0.2) is 0 Å². The van der Waals surface area contributed by atoms with E-state index in [0.29, 0.717) is 17.9 Å². The van der Waals surface area contributed by atoms with E-state index in [-0.39, 0.29) is 5.92 Å². The molecule has 1 saturated heterocycles. The zero-order chi connectivity index (χ0) is 14.5. The van der Waals surface area contributed by atoms with Gasteiger partial charge in [0.1, 0.15) is 0 Å². The van der Waals surface area contributed by atoms with Gasteiger partial charge in [-0.1, -0.05) is 34.1 Å². The van der Waals surface area contributed by atoms with Gasteiger partial charge < -0.3 is 10.6 Å². The average molecular weight is 268 g/mol. The van der Waals surface area contributed by atoms with Crippen LogP contribution < -0.4 is 5.73 Å². The van der Waals surface area contributed by atoms with Crippen LogP contribution in [-0.4, -0.2) is 30.4 Å². The number of hydrogen-bond acceptors (Lipinski definition) is 2. The molecule has 0 aromatic carbocycles. The SMILES string of the molecule is CCCC(CN)C(=O)N1CCCC(C(C)(C)C)CC1. The molecule has 3 heteroatoms. The van der Waals surface area contributed by atoms with Gasteiger partial charge in [-0.15, -0.1) is 0 Å². The molecule has 1 aliphatic heterocycles. The van der Waals surface area contributed by atoms with Crippen molar-refractivity contribution in [3.05, 3.63) is 0 Å². The Morgan fingerprint density at radius 1 is 1.32 bits per heavy atom. The van der Waals surface area contributed by atoms with Crippen LogP contribution in [0.25, 0.3) is 0 Å². The number of hydrogen-bond donors (Lipinski definition) is 1. The van der Waals surface area contributed by atoms with E-state index in [1.807, 2.05) is 0 Å². The average Bonchev–Trinajstić information content (AvgIpc) is 2.60. The minimum Gasteiger partial charge on any atom is -0.342 e. The standard InChI is InChI=1S/C16H32N2O/c1-5-7-13(12-17)15(19)18-10-6-8-14(9-11-18)16(2,3)4/h13-14H,5-12,17H2,1-4H3. The highest BCUT2D eigenvalue weighted by atomic mass is 16.2. The minimum atomic E-state index is 0.0381. The Hall–Kier alpha value is -0.570. The van der Waals surface area contributed by atoms with Crippen LogP contribution in [0.5, 0.6) is 0 Å². The van der Waals surface area contributed by atoms with Crippen molar-refractivity contribution in [2.24, 2.45) is 23.0 Å². The van der Waals surface area contributed by atoms with E-state index in [1.54, 1.807) is 0 Å². The van der Waals surface area contributed by atoms with E-state index in [9.17, 15) is 4.79 Å². The Morgan fingerprint density at radius 2 is 2.00 bits per heavy atom. The lowest BCUT2D eigenvalue weighted by atomic mass is 9.77. The summed E-state index contributed by atoms with van der Waals surface area (Å²) in [6.07, 6.45) is 5.48. The van der Waals surface area contributed by atoms with Crippen molar-refractivity contribution in [2.45, 2.75) is 59.8 Å². The maximum Gasteiger partial charge on any atom is 0.226 e. The van der Waals surface area contributed by atoms with Crippen LogP contribution in [-0.2, 0) is 4.79 Å². The molecule has 0 spiro atoms. The van der Waals surface area contributed by atoms with Gasteiger partial charge >= 0.3 is 0 Å². The summed E-state index contributed by atoms with van der Waals surface area (Å²) >= 11 is 0. The number of nitrogens with zero attached hydrogens (tertiary/aromatic N) is 1. The number of nitrogens with two attached hydrogens (primary N) is 1. The summed E-state index contributed by atoms with van der Waals surface area (Å²) in [5, 5.41) is 0. The zero-order valence-corrected chi connectivity index (χ0v) is 13.2. The second-order valence-corrected chi connectivity index (χ2v) is 7.04. The van der Waals surface area contributed by atoms with E-state index >= 15 is 0 Å². The summed E-state index contributed by atoms with van der Waals surface area (Å²) < 4.78 is 0. The van der Waals surface area contributed by atoms with Crippen molar-refractivity contribution >= 4 is 5.91 Å². The smallest absolute Gasteiger partial charge is 0.226 e. The summed E-state index contributed by atoms with van der Waals surface area (Å²) in [7, 11) is 0. The van der Waals surface area contributed by atoms with Crippen molar-refractivity contribution in [1.29, 1.82) is 0 Å². The van der Waals surface area contributed by atoms with Gasteiger partial charge in [0.2, 0.25) is 5.91 Å². The molecule has 3 nitrogen and oxygen atoms in total. The fourth-order valence-electron chi connectivity index (χ4n) is 3.13. The highest BCUT2D eigenvalue weighted by Gasteiger charge is 2.30. The molecule has 0 radical (unpaired) electrons. The second-order valence-electron chi connectivity index (χ2n) is 7.04. The molecule has 2 N–H and O–H groups in total. The normalized spacial score (nSPS) is 23.0. The highest BCUT2D eigenvalue weighted by Crippen LogP contribution is 2.34. The van der Waals surface area contributed by atoms with Gasteiger partial charge in [-0.25, -0.2) is 0 Å². The van der Waals surface area contributed by atoms with Crippen molar-refractivity contribution in [3.8, 4) is 0 Å². The van der Waals surface area contributed by atoms with Crippen LogP contribution in [0.3, 0.4) is 0 Å². The van der Waals surface area contributed by atoms with E-state index in [1.165, 1.54) is 6.42 Å². The van der Waals surface area contributed by atoms with Gasteiger partial charge in [0, 0.05) is 19.6 Å². The molecule has 0 aromatic heterocycles. The Labute approximate surface area is 118 Å². The molecule has 1 rings (SSSR count). The van der Waals surface area contributed by atoms with Crippen LogP contribution in [0, 0.1) is 17.3 Å². The summed E-state index contributed by atoms with van der Waals surface area (Å²) in [4.78, 5) is 14.5. The molecule has 0 bridgehead atoms. The number of carbonyl (C=O) groups excluding carboxylic acids is 1. The molecule has 1 aliphatic rings. The molecule has 1 amide bonds. The first-order chi connectivity index (χ1) is 8.90. The Balaban J connectivity index is 2.59. The van der Waals surface area contributed by atoms with Crippen molar-refractivity contribution in [3.63, 3.8) is 0 Å². The molecule has 1 fully saturated rings. The summed E-state index contributed by atoms with van der Waals surface area (Å²) in [6.45, 7) is 11.4. The number of rotatable bonds is 4. The van der Waals surface area contributed by atoms with Crippen LogP contribution in [0.2, 0.25) is 0 Å². The van der Waals surface area contributed by atoms with Crippen LogP contribution in [0.4, 0.5) is 0 Å². The lowest BCUT2D eigenvalue weighted by Crippen LogP contribution is -2.40. The first kappa shape index (κ1) is 16.5. The van der Waals surface area contributed by atoms with Gasteiger partial charge in [-0.3, -0.25) is 4.79 Å². The number of amides is 1. The summed E-state index contributed by atoms with van der Waals surface area (Å²) in [6, 6.07) is 0. The molecule has 2 unspecified atom stereocenters. The fraction of sp³-hybridized carbons (Fsp3) is 0.938. The monoisotopic (exact) mass is 268 g/mol. The summed E-state index contributed by atoms with van der Waals surface area (Å²) in [5.41, 5.74) is 6.11. The third-order valence-corrected chi connectivity index (χ3v) is 4.54. The first-order valence-corrected chi connectivity index (χ1v) is 7.89. The number of carbonyl (C=O) groups is 1. The molecular weight excluding hydrogens is 236 g/mol. The Kier molecular flexibility index (Phi) is 6.31. The molecule has 0 aromatic rings. The molecule has 1 heterocycles. The number of likely N-dealkylation sites (tertiary alicyclic amines) is 1. The maximum atomic E-state index is 12.5. The third kappa shape index (κ3) is 4.79. The van der Waals surface area contributed by atoms with Gasteiger partial charge in [-0.05, 0) is 37.0 Å². The maximum absolute atomic E-state index is 12.5. The van der Waals surface area contributed by atoms with Gasteiger partial charge in [0.15, 0.2) is 0 Å². The van der Waals surface area contributed by atoms with Gasteiger partial charge in [-0.2, -0.15) is 0 Å². The third-order valence-electron chi connectivity index (χ3n) is 4.54. The Bertz CT molecular complexity index is 283. The quantitative estimate of drug-likeness (QED) is 0.852. The second kappa shape index (κ2) is 7.28. The van der Waals surface area contributed by atoms with E-state index in [0.717, 1.165) is 44.7 Å². The Morgan fingerprint density at radius 3 is 2.53 bits per heavy atom. The van der Waals surface area contributed by atoms with Crippen molar-refractivity contribution in [2.75, 3.05) is 19.6 Å². The van der Waals surface area contributed by atoms with Crippen molar-refractivity contribution in [1.82, 2.24) is 4.90 Å². The van der Waals surface area contributed by atoms with E-state index < -0.39 is 0 Å². The largest absolute Gasteiger partial charge is 0.342 e. The predicted molar refractivity (Wildman–Crippen MR) is 80.8 cm³/mol. The summed E-state index contributed by atoms with van der Waals surface area (Å²) in [5.74, 6) is 1.06. The lowest BCUT2D eigenvalue weighted by molar-refractivity contribution is -0.135. The molecule has 19 heavy (non-hydrogen) atoms.